The summed E-state index contributed by atoms with van der Waals surface area (Å²) < 4.78 is 24.0. The average Bonchev–Trinajstić information content (AvgIpc) is 2.44. The number of Topliss-reactive ketones (excluding diaryl/α,β-unsaturated/α-hetero) is 2. The largest absolute Gasteiger partial charge is 0.299 e. The van der Waals surface area contributed by atoms with Gasteiger partial charge in [-0.1, -0.05) is 44.4 Å². The normalized spacial score (nSPS) is 11.3. The molecule has 1 rings (SSSR count). The van der Waals surface area contributed by atoms with Crippen molar-refractivity contribution in [1.29, 1.82) is 0 Å². The predicted molar refractivity (Wildman–Crippen MR) is 81.9 cm³/mol. The minimum absolute atomic E-state index is 0.119. The fraction of sp³-hybridized carbons (Fsp3) is 0.500. The summed E-state index contributed by atoms with van der Waals surface area (Å²) in [7, 11) is -3.64. The summed E-state index contributed by atoms with van der Waals surface area (Å²) >= 11 is 0. The van der Waals surface area contributed by atoms with Gasteiger partial charge in [-0.3, -0.25) is 9.59 Å². The third kappa shape index (κ3) is 6.67. The summed E-state index contributed by atoms with van der Waals surface area (Å²) in [6.07, 6.45) is 3.98. The Kier molecular flexibility index (Phi) is 7.29. The van der Waals surface area contributed by atoms with Crippen molar-refractivity contribution in [1.82, 2.24) is 0 Å². The molecule has 21 heavy (non-hydrogen) atoms. The first-order valence-corrected chi connectivity index (χ1v) is 8.92. The van der Waals surface area contributed by atoms with Crippen LogP contribution in [0, 0.1) is 0 Å². The number of hydrogen-bond donors (Lipinski definition) is 0. The van der Waals surface area contributed by atoms with E-state index in [1.807, 2.05) is 0 Å². The van der Waals surface area contributed by atoms with Gasteiger partial charge in [0.2, 0.25) is 0 Å². The molecule has 0 N–H and O–H groups in total. The summed E-state index contributed by atoms with van der Waals surface area (Å²) in [4.78, 5) is 23.5. The number of carbonyl (C=O) groups excluding carboxylic acids is 2. The lowest BCUT2D eigenvalue weighted by atomic mass is 10.1. The minimum atomic E-state index is -3.64. The molecule has 1 aromatic rings. The summed E-state index contributed by atoms with van der Waals surface area (Å²) in [5, 5.41) is 0. The van der Waals surface area contributed by atoms with E-state index < -0.39 is 21.4 Å². The van der Waals surface area contributed by atoms with Crippen LogP contribution < -0.4 is 0 Å². The highest BCUT2D eigenvalue weighted by molar-refractivity contribution is 7.92. The first kappa shape index (κ1) is 17.6. The van der Waals surface area contributed by atoms with Crippen LogP contribution in [-0.2, 0) is 19.4 Å². The maximum atomic E-state index is 12.0. The highest BCUT2D eigenvalue weighted by atomic mass is 32.2. The second-order valence-electron chi connectivity index (χ2n) is 5.14. The van der Waals surface area contributed by atoms with Crippen molar-refractivity contribution < 1.29 is 18.0 Å². The summed E-state index contributed by atoms with van der Waals surface area (Å²) in [5.41, 5.74) is 0. The number of benzene rings is 1. The molecule has 0 atom stereocenters. The number of unbranched alkanes of at least 4 members (excludes halogenated alkanes) is 3. The van der Waals surface area contributed by atoms with Gasteiger partial charge in [0.25, 0.3) is 0 Å². The molecule has 0 heterocycles. The number of hydrogen-bond acceptors (Lipinski definition) is 4. The van der Waals surface area contributed by atoms with Crippen molar-refractivity contribution in [3.05, 3.63) is 30.3 Å². The monoisotopic (exact) mass is 310 g/mol. The van der Waals surface area contributed by atoms with E-state index in [9.17, 15) is 18.0 Å². The van der Waals surface area contributed by atoms with E-state index in [1.54, 1.807) is 18.2 Å². The van der Waals surface area contributed by atoms with Crippen LogP contribution in [0.3, 0.4) is 0 Å². The Morgan fingerprint density at radius 2 is 1.62 bits per heavy atom. The zero-order valence-corrected chi connectivity index (χ0v) is 13.2. The Hall–Kier alpha value is -1.49. The zero-order chi connectivity index (χ0) is 15.7. The highest BCUT2D eigenvalue weighted by Gasteiger charge is 2.20. The van der Waals surface area contributed by atoms with Crippen molar-refractivity contribution >= 4 is 21.4 Å². The van der Waals surface area contributed by atoms with Crippen molar-refractivity contribution in [3.63, 3.8) is 0 Å². The number of sulfone groups is 1. The standard InChI is InChI=1S/C16H22O4S/c1-2-3-4-6-9-14(17)12-15(18)13-21(19,20)16-10-7-5-8-11-16/h5,7-8,10-11H,2-4,6,9,12-13H2,1H3. The Balaban J connectivity index is 2.45. The summed E-state index contributed by atoms with van der Waals surface area (Å²) in [6.45, 7) is 2.08. The van der Waals surface area contributed by atoms with E-state index in [2.05, 4.69) is 6.92 Å². The van der Waals surface area contributed by atoms with E-state index in [-0.39, 0.29) is 17.1 Å². The van der Waals surface area contributed by atoms with Crippen molar-refractivity contribution in [2.24, 2.45) is 0 Å². The lowest BCUT2D eigenvalue weighted by Crippen LogP contribution is -2.19. The Morgan fingerprint density at radius 1 is 0.952 bits per heavy atom. The first-order chi connectivity index (χ1) is 9.95. The van der Waals surface area contributed by atoms with Gasteiger partial charge < -0.3 is 0 Å². The van der Waals surface area contributed by atoms with Crippen LogP contribution in [-0.4, -0.2) is 25.7 Å². The molecule has 116 valence electrons. The number of ketones is 2. The molecule has 0 saturated carbocycles. The number of rotatable bonds is 10. The molecular formula is C16H22O4S. The van der Waals surface area contributed by atoms with Crippen molar-refractivity contribution in [3.8, 4) is 0 Å². The summed E-state index contributed by atoms with van der Waals surface area (Å²) in [6, 6.07) is 7.83. The molecule has 0 unspecified atom stereocenters. The van der Waals surface area contributed by atoms with Gasteiger partial charge in [-0.25, -0.2) is 8.42 Å². The molecule has 0 aliphatic heterocycles. The quantitative estimate of drug-likeness (QED) is 0.492. The predicted octanol–water partition coefficient (Wildman–Crippen LogP) is 2.96. The van der Waals surface area contributed by atoms with Gasteiger partial charge in [-0.05, 0) is 18.6 Å². The zero-order valence-electron chi connectivity index (χ0n) is 12.4. The molecule has 0 saturated heterocycles. The van der Waals surface area contributed by atoms with Crippen LogP contribution in [0.2, 0.25) is 0 Å². The molecule has 5 heteroatoms. The molecule has 0 fully saturated rings. The SMILES string of the molecule is CCCCCCC(=O)CC(=O)CS(=O)(=O)c1ccccc1. The fourth-order valence-corrected chi connectivity index (χ4v) is 3.30. The van der Waals surface area contributed by atoms with E-state index >= 15 is 0 Å². The topological polar surface area (TPSA) is 68.3 Å². The van der Waals surface area contributed by atoms with Gasteiger partial charge in [-0.2, -0.15) is 0 Å². The van der Waals surface area contributed by atoms with Gasteiger partial charge in [0, 0.05) is 6.42 Å². The molecule has 1 aromatic carbocycles. The minimum Gasteiger partial charge on any atom is -0.299 e. The van der Waals surface area contributed by atoms with Crippen molar-refractivity contribution in [2.75, 3.05) is 5.75 Å². The van der Waals surface area contributed by atoms with Crippen LogP contribution in [0.5, 0.6) is 0 Å². The Morgan fingerprint density at radius 3 is 2.24 bits per heavy atom. The third-order valence-corrected chi connectivity index (χ3v) is 4.85. The molecule has 0 spiro atoms. The van der Waals surface area contributed by atoms with Crippen LogP contribution in [0.1, 0.15) is 45.4 Å². The lowest BCUT2D eigenvalue weighted by Gasteiger charge is -2.04. The van der Waals surface area contributed by atoms with Crippen LogP contribution in [0.4, 0.5) is 0 Å². The molecule has 0 aliphatic rings. The second kappa shape index (κ2) is 8.72. The van der Waals surface area contributed by atoms with Crippen LogP contribution in [0.25, 0.3) is 0 Å². The van der Waals surface area contributed by atoms with E-state index in [1.165, 1.54) is 12.1 Å². The molecule has 0 aromatic heterocycles. The molecule has 0 amide bonds. The van der Waals surface area contributed by atoms with Crippen LogP contribution in [0.15, 0.2) is 35.2 Å². The smallest absolute Gasteiger partial charge is 0.185 e. The van der Waals surface area contributed by atoms with Gasteiger partial charge >= 0.3 is 0 Å². The highest BCUT2D eigenvalue weighted by Crippen LogP contribution is 2.11. The lowest BCUT2D eigenvalue weighted by molar-refractivity contribution is -0.125. The first-order valence-electron chi connectivity index (χ1n) is 7.27. The maximum absolute atomic E-state index is 12.0. The average molecular weight is 310 g/mol. The molecular weight excluding hydrogens is 288 g/mol. The molecule has 0 radical (unpaired) electrons. The van der Waals surface area contributed by atoms with Crippen molar-refractivity contribution in [2.45, 2.75) is 50.3 Å². The second-order valence-corrected chi connectivity index (χ2v) is 7.13. The maximum Gasteiger partial charge on any atom is 0.185 e. The van der Waals surface area contributed by atoms with Gasteiger partial charge in [0.15, 0.2) is 15.6 Å². The molecule has 0 bridgehead atoms. The van der Waals surface area contributed by atoms with Gasteiger partial charge in [0.05, 0.1) is 11.3 Å². The Labute approximate surface area is 126 Å². The fourth-order valence-electron chi connectivity index (χ4n) is 2.03. The van der Waals surface area contributed by atoms with E-state index in [4.69, 9.17) is 0 Å². The molecule has 0 aliphatic carbocycles. The third-order valence-electron chi connectivity index (χ3n) is 3.16. The van der Waals surface area contributed by atoms with Crippen LogP contribution >= 0.6 is 0 Å². The molecule has 4 nitrogen and oxygen atoms in total. The van der Waals surface area contributed by atoms with E-state index in [0.29, 0.717) is 6.42 Å². The number of carbonyl (C=O) groups is 2. The van der Waals surface area contributed by atoms with Gasteiger partial charge in [0.1, 0.15) is 11.5 Å². The summed E-state index contributed by atoms with van der Waals surface area (Å²) in [5.74, 6) is -1.30. The van der Waals surface area contributed by atoms with E-state index in [0.717, 1.165) is 25.7 Å². The van der Waals surface area contributed by atoms with Gasteiger partial charge in [-0.15, -0.1) is 0 Å². The Bertz CT molecular complexity index is 561.